The van der Waals surface area contributed by atoms with Crippen molar-refractivity contribution in [2.45, 2.75) is 25.0 Å². The Hall–Kier alpha value is -1.28. The van der Waals surface area contributed by atoms with E-state index in [1.54, 1.807) is 6.20 Å². The van der Waals surface area contributed by atoms with Gasteiger partial charge in [0.2, 0.25) is 0 Å². The third-order valence-electron chi connectivity index (χ3n) is 4.53. The average Bonchev–Trinajstić information content (AvgIpc) is 3.13. The minimum atomic E-state index is 0.184. The van der Waals surface area contributed by atoms with Gasteiger partial charge in [-0.2, -0.15) is 5.10 Å². The first kappa shape index (κ1) is 17.5. The molecule has 0 aromatic carbocycles. The largest absolute Gasteiger partial charge is 0.377 e. The molecule has 0 bridgehead atoms. The highest BCUT2D eigenvalue weighted by Gasteiger charge is 2.22. The smallest absolute Gasteiger partial charge is 0.151 e. The van der Waals surface area contributed by atoms with E-state index in [1.165, 1.54) is 6.42 Å². The van der Waals surface area contributed by atoms with Crippen LogP contribution < -0.4 is 4.90 Å². The summed E-state index contributed by atoms with van der Waals surface area (Å²) in [6.07, 6.45) is 4.48. The summed E-state index contributed by atoms with van der Waals surface area (Å²) in [7, 11) is 2.02. The maximum atomic E-state index is 5.90. The number of rotatable bonds is 8. The van der Waals surface area contributed by atoms with Gasteiger partial charge in [-0.1, -0.05) is 0 Å². The van der Waals surface area contributed by atoms with Crippen molar-refractivity contribution in [3.63, 3.8) is 0 Å². The van der Waals surface area contributed by atoms with Crippen molar-refractivity contribution in [2.24, 2.45) is 0 Å². The van der Waals surface area contributed by atoms with Crippen molar-refractivity contribution in [1.82, 2.24) is 15.1 Å². The Morgan fingerprint density at radius 2 is 2.25 bits per heavy atom. The molecule has 2 aliphatic heterocycles. The highest BCUT2D eigenvalue weighted by atomic mass is 16.5. The highest BCUT2D eigenvalue weighted by molar-refractivity contribution is 5.35. The van der Waals surface area contributed by atoms with Gasteiger partial charge in [-0.3, -0.25) is 4.90 Å². The molecule has 7 nitrogen and oxygen atoms in total. The molecule has 0 aliphatic carbocycles. The van der Waals surface area contributed by atoms with E-state index in [0.717, 1.165) is 64.8 Å². The predicted octanol–water partition coefficient (Wildman–Crippen LogP) is 0.809. The van der Waals surface area contributed by atoms with Gasteiger partial charge in [-0.15, -0.1) is 5.10 Å². The second kappa shape index (κ2) is 9.27. The van der Waals surface area contributed by atoms with Crippen molar-refractivity contribution >= 4 is 5.82 Å². The lowest BCUT2D eigenvalue weighted by atomic mass is 10.2. The number of aromatic nitrogens is 2. The molecule has 2 atom stereocenters. The number of ether oxygens (including phenoxy) is 3. The van der Waals surface area contributed by atoms with Crippen molar-refractivity contribution in [3.05, 3.63) is 18.3 Å². The SMILES string of the molecule is CN(C[C@H]1CN(CCOC[C@H]2CCCO2)CCO1)c1cccnn1. The second-order valence-corrected chi connectivity index (χ2v) is 6.47. The zero-order chi connectivity index (χ0) is 16.6. The Morgan fingerprint density at radius 3 is 3.04 bits per heavy atom. The van der Waals surface area contributed by atoms with Crippen LogP contribution in [-0.2, 0) is 14.2 Å². The van der Waals surface area contributed by atoms with Crippen molar-refractivity contribution in [1.29, 1.82) is 0 Å². The molecule has 3 rings (SSSR count). The lowest BCUT2D eigenvalue weighted by Gasteiger charge is -2.34. The monoisotopic (exact) mass is 336 g/mol. The fourth-order valence-corrected chi connectivity index (χ4v) is 3.17. The second-order valence-electron chi connectivity index (χ2n) is 6.47. The summed E-state index contributed by atoms with van der Waals surface area (Å²) in [6, 6.07) is 3.87. The quantitative estimate of drug-likeness (QED) is 0.651. The Labute approximate surface area is 143 Å². The molecule has 2 fully saturated rings. The summed E-state index contributed by atoms with van der Waals surface area (Å²) < 4.78 is 17.2. The fraction of sp³-hybridized carbons (Fsp3) is 0.765. The Kier molecular flexibility index (Phi) is 6.77. The van der Waals surface area contributed by atoms with Crippen molar-refractivity contribution in [3.8, 4) is 0 Å². The van der Waals surface area contributed by atoms with Gasteiger partial charge < -0.3 is 19.1 Å². The van der Waals surface area contributed by atoms with Gasteiger partial charge in [0.25, 0.3) is 0 Å². The first-order valence-electron chi connectivity index (χ1n) is 8.83. The first-order chi connectivity index (χ1) is 11.8. The fourth-order valence-electron chi connectivity index (χ4n) is 3.17. The molecular formula is C17H28N4O3. The minimum absolute atomic E-state index is 0.184. The molecule has 0 saturated carbocycles. The number of morpholine rings is 1. The summed E-state index contributed by atoms with van der Waals surface area (Å²) >= 11 is 0. The molecule has 0 unspecified atom stereocenters. The van der Waals surface area contributed by atoms with Crippen LogP contribution in [0.15, 0.2) is 18.3 Å². The Balaban J connectivity index is 1.34. The third kappa shape index (κ3) is 5.37. The molecule has 2 saturated heterocycles. The van der Waals surface area contributed by atoms with Crippen LogP contribution >= 0.6 is 0 Å². The van der Waals surface area contributed by atoms with Crippen LogP contribution in [-0.4, -0.2) is 87.0 Å². The summed E-state index contributed by atoms with van der Waals surface area (Å²) in [4.78, 5) is 4.50. The first-order valence-corrected chi connectivity index (χ1v) is 8.83. The molecule has 0 amide bonds. The molecule has 3 heterocycles. The highest BCUT2D eigenvalue weighted by Crippen LogP contribution is 2.13. The maximum Gasteiger partial charge on any atom is 0.151 e. The standard InChI is InChI=1S/C17H28N4O3/c1-20(17-5-2-6-18-19-17)12-16-13-21(8-11-24-16)7-10-22-14-15-4-3-9-23-15/h2,5-6,15-16H,3-4,7-14H2,1H3/t15-,16+/m1/s1. The van der Waals surface area contributed by atoms with Gasteiger partial charge in [-0.25, -0.2) is 0 Å². The zero-order valence-corrected chi connectivity index (χ0v) is 14.5. The molecule has 0 radical (unpaired) electrons. The van der Waals surface area contributed by atoms with Crippen LogP contribution in [0.4, 0.5) is 5.82 Å². The van der Waals surface area contributed by atoms with Crippen molar-refractivity contribution < 1.29 is 14.2 Å². The average molecular weight is 336 g/mol. The predicted molar refractivity (Wildman–Crippen MR) is 91.3 cm³/mol. The summed E-state index contributed by atoms with van der Waals surface area (Å²) in [6.45, 7) is 6.79. The number of likely N-dealkylation sites (N-methyl/N-ethyl adjacent to an activating group) is 1. The number of anilines is 1. The van der Waals surface area contributed by atoms with Crippen LogP contribution in [0, 0.1) is 0 Å². The van der Waals surface area contributed by atoms with E-state index in [1.807, 2.05) is 19.2 Å². The van der Waals surface area contributed by atoms with E-state index >= 15 is 0 Å². The van der Waals surface area contributed by atoms with E-state index in [2.05, 4.69) is 20.0 Å². The van der Waals surface area contributed by atoms with E-state index in [4.69, 9.17) is 14.2 Å². The normalized spacial score (nSPS) is 25.0. The molecular weight excluding hydrogens is 308 g/mol. The van der Waals surface area contributed by atoms with Crippen LogP contribution in [0.3, 0.4) is 0 Å². The molecule has 2 aliphatic rings. The number of nitrogens with zero attached hydrogens (tertiary/aromatic N) is 4. The van der Waals surface area contributed by atoms with Gasteiger partial charge in [-0.05, 0) is 25.0 Å². The minimum Gasteiger partial charge on any atom is -0.377 e. The van der Waals surface area contributed by atoms with E-state index in [0.29, 0.717) is 6.10 Å². The van der Waals surface area contributed by atoms with Crippen LogP contribution in [0.1, 0.15) is 12.8 Å². The number of hydrogen-bond donors (Lipinski definition) is 0. The zero-order valence-electron chi connectivity index (χ0n) is 14.5. The van der Waals surface area contributed by atoms with Gasteiger partial charge in [0.15, 0.2) is 5.82 Å². The summed E-state index contributed by atoms with van der Waals surface area (Å²) in [5.74, 6) is 0.873. The Bertz CT molecular complexity index is 470. The van der Waals surface area contributed by atoms with Gasteiger partial charge >= 0.3 is 0 Å². The van der Waals surface area contributed by atoms with E-state index in [-0.39, 0.29) is 6.10 Å². The Morgan fingerprint density at radius 1 is 1.33 bits per heavy atom. The number of hydrogen-bond acceptors (Lipinski definition) is 7. The molecule has 7 heteroatoms. The molecule has 0 spiro atoms. The topological polar surface area (TPSA) is 60.0 Å². The maximum absolute atomic E-state index is 5.90. The van der Waals surface area contributed by atoms with E-state index in [9.17, 15) is 0 Å². The van der Waals surface area contributed by atoms with E-state index < -0.39 is 0 Å². The van der Waals surface area contributed by atoms with Gasteiger partial charge in [0.05, 0.1) is 32.0 Å². The molecule has 1 aromatic heterocycles. The lowest BCUT2D eigenvalue weighted by molar-refractivity contribution is -0.0384. The van der Waals surface area contributed by atoms with Crippen molar-refractivity contribution in [2.75, 3.05) is 64.6 Å². The molecule has 0 N–H and O–H groups in total. The van der Waals surface area contributed by atoms with Crippen LogP contribution in [0.25, 0.3) is 0 Å². The van der Waals surface area contributed by atoms with Crippen LogP contribution in [0.2, 0.25) is 0 Å². The van der Waals surface area contributed by atoms with Crippen LogP contribution in [0.5, 0.6) is 0 Å². The molecule has 1 aromatic rings. The summed E-state index contributed by atoms with van der Waals surface area (Å²) in [5.41, 5.74) is 0. The molecule has 24 heavy (non-hydrogen) atoms. The van der Waals surface area contributed by atoms with Gasteiger partial charge in [0.1, 0.15) is 0 Å². The third-order valence-corrected chi connectivity index (χ3v) is 4.53. The summed E-state index contributed by atoms with van der Waals surface area (Å²) in [5, 5.41) is 8.06. The van der Waals surface area contributed by atoms with Gasteiger partial charge in [0, 0.05) is 46.0 Å². The molecule has 134 valence electrons. The lowest BCUT2D eigenvalue weighted by Crippen LogP contribution is -2.48.